The van der Waals surface area contributed by atoms with Gasteiger partial charge in [0.2, 0.25) is 11.8 Å². The van der Waals surface area contributed by atoms with Gasteiger partial charge in [0.25, 0.3) is 0 Å². The van der Waals surface area contributed by atoms with E-state index in [1.54, 1.807) is 0 Å². The van der Waals surface area contributed by atoms with E-state index in [0.717, 1.165) is 22.3 Å². The lowest BCUT2D eigenvalue weighted by Gasteiger charge is -2.12. The van der Waals surface area contributed by atoms with Crippen LogP contribution in [-0.2, 0) is 0 Å². The second kappa shape index (κ2) is 19.2. The van der Waals surface area contributed by atoms with E-state index < -0.39 is 0 Å². The number of thiophene rings is 2. The third kappa shape index (κ3) is 8.00. The number of aromatic nitrogens is 2. The topological polar surface area (TPSA) is 38.9 Å². The summed E-state index contributed by atoms with van der Waals surface area (Å²) in [4.78, 5) is 0. The van der Waals surface area contributed by atoms with Crippen LogP contribution in [0.15, 0.2) is 283 Å². The fourth-order valence-electron chi connectivity index (χ4n) is 12.8. The molecular formula is C78H46N2OS2. The van der Waals surface area contributed by atoms with Gasteiger partial charge < -0.3 is 4.42 Å². The smallest absolute Gasteiger partial charge is 0.248 e. The Bertz CT molecular complexity index is 5090. The van der Waals surface area contributed by atoms with E-state index in [-0.39, 0.29) is 0 Å². The summed E-state index contributed by atoms with van der Waals surface area (Å²) in [5, 5.41) is 24.2. The third-order valence-corrected chi connectivity index (χ3v) is 19.3. The zero-order valence-electron chi connectivity index (χ0n) is 44.7. The molecular weight excluding hydrogens is 1050 g/mol. The molecule has 17 aromatic rings. The van der Waals surface area contributed by atoms with Crippen molar-refractivity contribution < 1.29 is 4.42 Å². The maximum Gasteiger partial charge on any atom is 0.248 e. The van der Waals surface area contributed by atoms with E-state index >= 15 is 0 Å². The molecule has 0 aliphatic heterocycles. The molecule has 14 aromatic carbocycles. The molecule has 0 radical (unpaired) electrons. The fraction of sp³-hybridized carbons (Fsp3) is 0. The minimum atomic E-state index is 0.478. The Morgan fingerprint density at radius 1 is 0.217 bits per heavy atom. The van der Waals surface area contributed by atoms with Crippen LogP contribution in [0.4, 0.5) is 0 Å². The SMILES string of the molecule is c1ccc2c(-c3ccc4sc5c(-c6ccc(-c7nnc(-c8ccc(-c9cc(-c%10cccc%11ccccc%10%11)cc%10c9sc9ccc(-c%11cccc%12ccccc%11%12)cc9%10)cc8)o7)cc6)cc(-c6cccc7ccccc67)cc5c4c3)cccc2c1. The molecule has 3 aromatic heterocycles. The second-order valence-corrected chi connectivity index (χ2v) is 23.7. The molecule has 0 N–H and O–H groups in total. The summed E-state index contributed by atoms with van der Waals surface area (Å²) in [6, 6.07) is 102. The van der Waals surface area contributed by atoms with Gasteiger partial charge in [-0.05, 0) is 172 Å². The van der Waals surface area contributed by atoms with Crippen LogP contribution in [0.25, 0.3) is 173 Å². The van der Waals surface area contributed by atoms with Crippen LogP contribution >= 0.6 is 22.7 Å². The number of hydrogen-bond donors (Lipinski definition) is 0. The minimum Gasteiger partial charge on any atom is -0.416 e. The molecule has 17 rings (SSSR count). The zero-order valence-corrected chi connectivity index (χ0v) is 46.3. The van der Waals surface area contributed by atoms with Crippen LogP contribution in [0.3, 0.4) is 0 Å². The van der Waals surface area contributed by atoms with Crippen molar-refractivity contribution in [1.29, 1.82) is 0 Å². The van der Waals surface area contributed by atoms with E-state index in [9.17, 15) is 0 Å². The van der Waals surface area contributed by atoms with E-state index in [2.05, 4.69) is 289 Å². The first-order valence-electron chi connectivity index (χ1n) is 28.1. The average molecular weight is 1090 g/mol. The monoisotopic (exact) mass is 1090 g/mol. The van der Waals surface area contributed by atoms with Crippen LogP contribution in [0.1, 0.15) is 0 Å². The summed E-state index contributed by atoms with van der Waals surface area (Å²) in [6.45, 7) is 0. The maximum atomic E-state index is 6.53. The molecule has 0 unspecified atom stereocenters. The Morgan fingerprint density at radius 2 is 0.518 bits per heavy atom. The predicted molar refractivity (Wildman–Crippen MR) is 354 cm³/mol. The van der Waals surface area contributed by atoms with Gasteiger partial charge in [-0.1, -0.05) is 206 Å². The molecule has 0 saturated carbocycles. The van der Waals surface area contributed by atoms with Gasteiger partial charge >= 0.3 is 0 Å². The molecule has 0 fully saturated rings. The molecule has 0 aliphatic rings. The summed E-state index contributed by atoms with van der Waals surface area (Å²) < 4.78 is 11.6. The normalized spacial score (nSPS) is 11.9. The molecule has 5 heteroatoms. The summed E-state index contributed by atoms with van der Waals surface area (Å²) in [5.74, 6) is 0.955. The standard InChI is InChI=1S/C78H46N2OS2/c1-5-21-59-47(13-1)17-9-25-63(59)55-37-39-73-69(41-55)71-45-57(65-27-11-19-49-15-3-7-23-61(49)65)43-67(75(71)82-73)51-29-33-53(34-30-51)77-79-80-78(81-77)54-35-31-52(32-36-54)68-44-58(66-28-12-20-50-16-4-8-24-62(50)66)46-72-70-42-56(38-40-74(70)83-76(68)72)64-26-10-18-48-14-2-6-22-60(48)64/h1-46H. The highest BCUT2D eigenvalue weighted by molar-refractivity contribution is 7.26. The summed E-state index contributed by atoms with van der Waals surface area (Å²) in [6.07, 6.45) is 0. The Kier molecular flexibility index (Phi) is 11.0. The van der Waals surface area contributed by atoms with Crippen LogP contribution in [0.5, 0.6) is 0 Å². The van der Waals surface area contributed by atoms with E-state index in [1.165, 1.54) is 139 Å². The van der Waals surface area contributed by atoms with Crippen LogP contribution < -0.4 is 0 Å². The largest absolute Gasteiger partial charge is 0.416 e. The van der Waals surface area contributed by atoms with Crippen molar-refractivity contribution >= 4 is 106 Å². The Hall–Kier alpha value is -10.3. The number of benzene rings is 14. The van der Waals surface area contributed by atoms with Gasteiger partial charge in [0, 0.05) is 62.6 Å². The van der Waals surface area contributed by atoms with E-state index in [4.69, 9.17) is 4.42 Å². The van der Waals surface area contributed by atoms with Gasteiger partial charge in [-0.2, -0.15) is 0 Å². The molecule has 386 valence electrons. The van der Waals surface area contributed by atoms with Crippen molar-refractivity contribution in [1.82, 2.24) is 10.2 Å². The first kappa shape index (κ1) is 47.5. The minimum absolute atomic E-state index is 0.478. The number of fused-ring (bicyclic) bond motifs is 10. The lowest BCUT2D eigenvalue weighted by molar-refractivity contribution is 0.584. The van der Waals surface area contributed by atoms with Gasteiger partial charge in [0.15, 0.2) is 0 Å². The lowest BCUT2D eigenvalue weighted by atomic mass is 9.92. The van der Waals surface area contributed by atoms with Crippen molar-refractivity contribution in [2.75, 3.05) is 0 Å². The maximum absolute atomic E-state index is 6.53. The van der Waals surface area contributed by atoms with Crippen molar-refractivity contribution in [3.63, 3.8) is 0 Å². The van der Waals surface area contributed by atoms with Gasteiger partial charge in [0.1, 0.15) is 0 Å². The number of rotatable bonds is 8. The highest BCUT2D eigenvalue weighted by Gasteiger charge is 2.20. The quantitative estimate of drug-likeness (QED) is 0.152. The molecule has 0 aliphatic carbocycles. The lowest BCUT2D eigenvalue weighted by Crippen LogP contribution is -1.86. The van der Waals surface area contributed by atoms with Crippen LogP contribution in [-0.4, -0.2) is 10.2 Å². The summed E-state index contributed by atoms with van der Waals surface area (Å²) in [5.41, 5.74) is 16.1. The molecule has 0 atom stereocenters. The highest BCUT2D eigenvalue weighted by atomic mass is 32.1. The predicted octanol–water partition coefficient (Wildman–Crippen LogP) is 22.8. The van der Waals surface area contributed by atoms with Crippen molar-refractivity contribution in [2.24, 2.45) is 0 Å². The molecule has 3 nitrogen and oxygen atoms in total. The van der Waals surface area contributed by atoms with Gasteiger partial charge in [-0.25, -0.2) is 0 Å². The van der Waals surface area contributed by atoms with Crippen molar-refractivity contribution in [3.8, 4) is 89.7 Å². The Labute approximate surface area is 486 Å². The fourth-order valence-corrected chi connectivity index (χ4v) is 15.2. The zero-order chi connectivity index (χ0) is 54.5. The van der Waals surface area contributed by atoms with Gasteiger partial charge in [-0.3, -0.25) is 0 Å². The van der Waals surface area contributed by atoms with Crippen LogP contribution in [0.2, 0.25) is 0 Å². The van der Waals surface area contributed by atoms with Crippen molar-refractivity contribution in [3.05, 3.63) is 279 Å². The number of hydrogen-bond acceptors (Lipinski definition) is 5. The molecule has 0 saturated heterocycles. The Balaban J connectivity index is 0.731. The van der Waals surface area contributed by atoms with Gasteiger partial charge in [0.05, 0.1) is 0 Å². The first-order chi connectivity index (χ1) is 41.1. The Morgan fingerprint density at radius 3 is 0.892 bits per heavy atom. The molecule has 0 spiro atoms. The summed E-state index contributed by atoms with van der Waals surface area (Å²) >= 11 is 3.72. The second-order valence-electron chi connectivity index (χ2n) is 21.6. The molecule has 0 bridgehead atoms. The first-order valence-corrected chi connectivity index (χ1v) is 29.7. The molecule has 83 heavy (non-hydrogen) atoms. The van der Waals surface area contributed by atoms with E-state index in [1.807, 2.05) is 22.7 Å². The number of nitrogens with zero attached hydrogens (tertiary/aromatic N) is 2. The van der Waals surface area contributed by atoms with Gasteiger partial charge in [-0.15, -0.1) is 32.9 Å². The average Bonchev–Trinajstić information content (AvgIpc) is 4.51. The van der Waals surface area contributed by atoms with E-state index in [0.29, 0.717) is 11.8 Å². The summed E-state index contributed by atoms with van der Waals surface area (Å²) in [7, 11) is 0. The van der Waals surface area contributed by atoms with Crippen LogP contribution in [0, 0.1) is 0 Å². The van der Waals surface area contributed by atoms with Crippen molar-refractivity contribution in [2.45, 2.75) is 0 Å². The molecule has 3 heterocycles. The molecule has 0 amide bonds. The third-order valence-electron chi connectivity index (χ3n) is 16.9. The highest BCUT2D eigenvalue weighted by Crippen LogP contribution is 2.48.